The van der Waals surface area contributed by atoms with Crippen LogP contribution >= 0.6 is 11.6 Å². The van der Waals surface area contributed by atoms with E-state index in [-0.39, 0.29) is 29.8 Å². The van der Waals surface area contributed by atoms with Crippen LogP contribution in [0, 0.1) is 17.7 Å². The Morgan fingerprint density at radius 3 is 2.64 bits per heavy atom. The number of amides is 1. The Hall–Kier alpha value is -1.82. The molecule has 0 spiro atoms. The number of nitrogens with one attached hydrogen (secondary N) is 1. The summed E-state index contributed by atoms with van der Waals surface area (Å²) >= 11 is 5.59. The Morgan fingerprint density at radius 1 is 1.41 bits per heavy atom. The first-order valence-corrected chi connectivity index (χ1v) is 7.24. The maximum absolute atomic E-state index is 13.0. The third kappa shape index (κ3) is 6.30. The minimum atomic E-state index is -0.944. The predicted octanol–water partition coefficient (Wildman–Crippen LogP) is 2.72. The number of halogens is 2. The van der Waals surface area contributed by atoms with Gasteiger partial charge in [-0.05, 0) is 24.5 Å². The van der Waals surface area contributed by atoms with Crippen molar-refractivity contribution in [1.82, 2.24) is 5.32 Å². The number of carboxylic acids is 1. The molecular formula is C15H19ClFNO4. The van der Waals surface area contributed by atoms with Gasteiger partial charge < -0.3 is 15.2 Å². The fraction of sp³-hybridized carbons (Fsp3) is 0.467. The van der Waals surface area contributed by atoms with Crippen molar-refractivity contribution in [3.8, 4) is 5.75 Å². The molecule has 1 aromatic rings. The van der Waals surface area contributed by atoms with Gasteiger partial charge in [-0.15, -0.1) is 0 Å². The molecule has 1 aromatic carbocycles. The van der Waals surface area contributed by atoms with Crippen molar-refractivity contribution in [3.63, 3.8) is 0 Å². The number of benzene rings is 1. The van der Waals surface area contributed by atoms with Gasteiger partial charge in [-0.1, -0.05) is 25.4 Å². The van der Waals surface area contributed by atoms with Crippen LogP contribution < -0.4 is 10.1 Å². The molecule has 0 fully saturated rings. The van der Waals surface area contributed by atoms with Gasteiger partial charge in [-0.2, -0.15) is 0 Å². The maximum atomic E-state index is 13.0. The van der Waals surface area contributed by atoms with Crippen LogP contribution in [-0.4, -0.2) is 30.1 Å². The van der Waals surface area contributed by atoms with E-state index in [9.17, 15) is 14.0 Å². The quantitative estimate of drug-likeness (QED) is 0.768. The monoisotopic (exact) mass is 331 g/mol. The molecule has 1 unspecified atom stereocenters. The summed E-state index contributed by atoms with van der Waals surface area (Å²) < 4.78 is 18.1. The van der Waals surface area contributed by atoms with Crippen LogP contribution in [0.3, 0.4) is 0 Å². The molecule has 2 N–H and O–H groups in total. The first-order chi connectivity index (χ1) is 10.3. The van der Waals surface area contributed by atoms with Crippen LogP contribution in [0.5, 0.6) is 5.75 Å². The van der Waals surface area contributed by atoms with Gasteiger partial charge in [0.1, 0.15) is 11.6 Å². The number of carboxylic acid groups (broad SMARTS) is 1. The molecule has 0 saturated heterocycles. The van der Waals surface area contributed by atoms with Gasteiger partial charge >= 0.3 is 5.97 Å². The van der Waals surface area contributed by atoms with E-state index in [1.165, 1.54) is 12.1 Å². The Labute approximate surface area is 133 Å². The molecule has 0 saturated carbocycles. The molecule has 1 amide bonds. The van der Waals surface area contributed by atoms with Crippen molar-refractivity contribution in [1.29, 1.82) is 0 Å². The number of aliphatic carboxylic acids is 1. The third-order valence-electron chi connectivity index (χ3n) is 2.91. The van der Waals surface area contributed by atoms with Crippen molar-refractivity contribution in [2.24, 2.45) is 11.8 Å². The topological polar surface area (TPSA) is 75.6 Å². The van der Waals surface area contributed by atoms with Crippen molar-refractivity contribution < 1.29 is 23.8 Å². The second-order valence-corrected chi connectivity index (χ2v) is 5.74. The third-order valence-corrected chi connectivity index (χ3v) is 3.20. The van der Waals surface area contributed by atoms with Gasteiger partial charge in [0.05, 0.1) is 10.9 Å². The summed E-state index contributed by atoms with van der Waals surface area (Å²) in [6.45, 7) is 3.58. The zero-order valence-electron chi connectivity index (χ0n) is 12.4. The fourth-order valence-corrected chi connectivity index (χ4v) is 2.01. The molecule has 0 bridgehead atoms. The molecular weight excluding hydrogens is 313 g/mol. The minimum Gasteiger partial charge on any atom is -0.484 e. The molecule has 0 aromatic heterocycles. The SMILES string of the molecule is CC(C)CC(CNC(=O)COc1ccc(F)c(Cl)c1)C(=O)O. The molecule has 0 aliphatic heterocycles. The van der Waals surface area contributed by atoms with Gasteiger partial charge in [0.15, 0.2) is 6.61 Å². The highest BCUT2D eigenvalue weighted by Crippen LogP contribution is 2.20. The van der Waals surface area contributed by atoms with Gasteiger partial charge in [0, 0.05) is 12.6 Å². The van der Waals surface area contributed by atoms with Crippen molar-refractivity contribution in [2.45, 2.75) is 20.3 Å². The summed E-state index contributed by atoms with van der Waals surface area (Å²) in [5, 5.41) is 11.5. The lowest BCUT2D eigenvalue weighted by Gasteiger charge is -2.15. The Balaban J connectivity index is 2.42. The number of rotatable bonds is 8. The molecule has 22 heavy (non-hydrogen) atoms. The lowest BCUT2D eigenvalue weighted by Crippen LogP contribution is -2.36. The Morgan fingerprint density at radius 2 is 2.09 bits per heavy atom. The van der Waals surface area contributed by atoms with Crippen molar-refractivity contribution in [2.75, 3.05) is 13.2 Å². The molecule has 0 radical (unpaired) electrons. The van der Waals surface area contributed by atoms with E-state index in [1.807, 2.05) is 13.8 Å². The number of carbonyl (C=O) groups excluding carboxylic acids is 1. The van der Waals surface area contributed by atoms with Crippen LogP contribution in [0.25, 0.3) is 0 Å². The summed E-state index contributed by atoms with van der Waals surface area (Å²) in [5.74, 6) is -2.12. The molecule has 122 valence electrons. The second kappa shape index (κ2) is 8.58. The fourth-order valence-electron chi connectivity index (χ4n) is 1.84. The van der Waals surface area contributed by atoms with E-state index in [1.54, 1.807) is 0 Å². The lowest BCUT2D eigenvalue weighted by atomic mass is 9.97. The van der Waals surface area contributed by atoms with Crippen LogP contribution in [0.2, 0.25) is 5.02 Å². The minimum absolute atomic E-state index is 0.0415. The smallest absolute Gasteiger partial charge is 0.308 e. The average Bonchev–Trinajstić information content (AvgIpc) is 2.44. The molecule has 7 heteroatoms. The zero-order valence-corrected chi connectivity index (χ0v) is 13.2. The zero-order chi connectivity index (χ0) is 16.7. The van der Waals surface area contributed by atoms with Crippen molar-refractivity contribution in [3.05, 3.63) is 29.0 Å². The molecule has 0 aliphatic carbocycles. The highest BCUT2D eigenvalue weighted by molar-refractivity contribution is 6.30. The first kappa shape index (κ1) is 18.2. The van der Waals surface area contributed by atoms with E-state index < -0.39 is 23.6 Å². The Kier molecular flexibility index (Phi) is 7.11. The van der Waals surface area contributed by atoms with Gasteiger partial charge in [0.2, 0.25) is 0 Å². The lowest BCUT2D eigenvalue weighted by molar-refractivity contribution is -0.142. The number of hydrogen-bond acceptors (Lipinski definition) is 3. The number of carbonyl (C=O) groups is 2. The van der Waals surface area contributed by atoms with Gasteiger partial charge in [-0.25, -0.2) is 4.39 Å². The standard InChI is InChI=1S/C15H19ClFNO4/c1-9(2)5-10(15(20)21)7-18-14(19)8-22-11-3-4-13(17)12(16)6-11/h3-4,6,9-10H,5,7-8H2,1-2H3,(H,18,19)(H,20,21). The van der Waals surface area contributed by atoms with Gasteiger partial charge in [-0.3, -0.25) is 9.59 Å². The van der Waals surface area contributed by atoms with E-state index >= 15 is 0 Å². The van der Waals surface area contributed by atoms with Crippen LogP contribution in [0.4, 0.5) is 4.39 Å². The van der Waals surface area contributed by atoms with E-state index in [2.05, 4.69) is 5.32 Å². The normalized spacial score (nSPS) is 12.0. The molecule has 0 heterocycles. The summed E-state index contributed by atoms with van der Waals surface area (Å²) in [7, 11) is 0. The van der Waals surface area contributed by atoms with E-state index in [4.69, 9.17) is 21.4 Å². The molecule has 0 aliphatic rings. The molecule has 5 nitrogen and oxygen atoms in total. The maximum Gasteiger partial charge on any atom is 0.308 e. The summed E-state index contributed by atoms with van der Waals surface area (Å²) in [6, 6.07) is 3.76. The summed E-state index contributed by atoms with van der Waals surface area (Å²) in [4.78, 5) is 22.7. The molecule has 1 rings (SSSR count). The van der Waals surface area contributed by atoms with Crippen molar-refractivity contribution >= 4 is 23.5 Å². The highest BCUT2D eigenvalue weighted by atomic mass is 35.5. The summed E-state index contributed by atoms with van der Waals surface area (Å²) in [6.07, 6.45) is 0.476. The van der Waals surface area contributed by atoms with E-state index in [0.717, 1.165) is 6.07 Å². The average molecular weight is 332 g/mol. The summed E-state index contributed by atoms with van der Waals surface area (Å²) in [5.41, 5.74) is 0. The highest BCUT2D eigenvalue weighted by Gasteiger charge is 2.19. The van der Waals surface area contributed by atoms with Crippen LogP contribution in [-0.2, 0) is 9.59 Å². The van der Waals surface area contributed by atoms with Gasteiger partial charge in [0.25, 0.3) is 5.91 Å². The van der Waals surface area contributed by atoms with Crippen LogP contribution in [0.1, 0.15) is 20.3 Å². The Bertz CT molecular complexity index is 536. The largest absolute Gasteiger partial charge is 0.484 e. The second-order valence-electron chi connectivity index (χ2n) is 5.33. The first-order valence-electron chi connectivity index (χ1n) is 6.87. The van der Waals surface area contributed by atoms with E-state index in [0.29, 0.717) is 6.42 Å². The van der Waals surface area contributed by atoms with Crippen LogP contribution in [0.15, 0.2) is 18.2 Å². The predicted molar refractivity (Wildman–Crippen MR) is 80.5 cm³/mol. The number of hydrogen-bond donors (Lipinski definition) is 2. The molecule has 1 atom stereocenters. The number of ether oxygens (including phenoxy) is 1.